The Labute approximate surface area is 211 Å². The first kappa shape index (κ1) is 24.9. The van der Waals surface area contributed by atoms with Crippen LogP contribution in [0, 0.1) is 6.92 Å². The number of aryl methyl sites for hydroxylation is 1. The van der Waals surface area contributed by atoms with Crippen LogP contribution in [0.2, 0.25) is 0 Å². The number of benzene rings is 3. The second kappa shape index (κ2) is 11.0. The molecule has 7 heteroatoms. The zero-order valence-electron chi connectivity index (χ0n) is 20.8. The molecule has 3 aromatic carbocycles. The predicted octanol–water partition coefficient (Wildman–Crippen LogP) is 5.30. The molecule has 2 amide bonds. The van der Waals surface area contributed by atoms with E-state index >= 15 is 0 Å². The summed E-state index contributed by atoms with van der Waals surface area (Å²) in [7, 11) is 1.57. The Hall–Kier alpha value is -4.26. The second-order valence-electron chi connectivity index (χ2n) is 8.82. The van der Waals surface area contributed by atoms with Crippen LogP contribution in [0.5, 0.6) is 11.5 Å². The van der Waals surface area contributed by atoms with Gasteiger partial charge in [-0.05, 0) is 49.6 Å². The van der Waals surface area contributed by atoms with Crippen LogP contribution in [0.3, 0.4) is 0 Å². The van der Waals surface area contributed by atoms with E-state index in [-0.39, 0.29) is 6.10 Å². The number of nitrogens with one attached hydrogen (secondary N) is 2. The monoisotopic (exact) mass is 486 g/mol. The normalized spacial score (nSPS) is 15.2. The van der Waals surface area contributed by atoms with Crippen LogP contribution in [0.1, 0.15) is 42.1 Å². The van der Waals surface area contributed by atoms with Crippen LogP contribution in [-0.4, -0.2) is 25.2 Å². The zero-order chi connectivity index (χ0) is 25.7. The highest BCUT2D eigenvalue weighted by molar-refractivity contribution is 6.04. The van der Waals surface area contributed by atoms with Gasteiger partial charge in [0.1, 0.15) is 6.61 Å². The first-order chi connectivity index (χ1) is 17.4. The molecule has 7 nitrogen and oxygen atoms in total. The number of esters is 1. The van der Waals surface area contributed by atoms with Crippen LogP contribution >= 0.6 is 0 Å². The van der Waals surface area contributed by atoms with Gasteiger partial charge in [-0.3, -0.25) is 0 Å². The van der Waals surface area contributed by atoms with E-state index in [1.807, 2.05) is 61.5 Å². The largest absolute Gasteiger partial charge is 0.493 e. The summed E-state index contributed by atoms with van der Waals surface area (Å²) in [5.41, 5.74) is 4.26. The highest BCUT2D eigenvalue weighted by Gasteiger charge is 2.35. The lowest BCUT2D eigenvalue weighted by atomic mass is 9.92. The third-order valence-corrected chi connectivity index (χ3v) is 5.73. The van der Waals surface area contributed by atoms with E-state index in [1.165, 1.54) is 5.56 Å². The number of hydrogen-bond donors (Lipinski definition) is 2. The molecular formula is C29H30N2O5. The van der Waals surface area contributed by atoms with E-state index in [1.54, 1.807) is 39.2 Å². The average molecular weight is 487 g/mol. The van der Waals surface area contributed by atoms with E-state index in [9.17, 15) is 9.59 Å². The fraction of sp³-hybridized carbons (Fsp3) is 0.241. The summed E-state index contributed by atoms with van der Waals surface area (Å²) >= 11 is 0. The summed E-state index contributed by atoms with van der Waals surface area (Å²) in [5.74, 6) is 0.533. The molecule has 0 saturated carbocycles. The van der Waals surface area contributed by atoms with Gasteiger partial charge >= 0.3 is 12.0 Å². The van der Waals surface area contributed by atoms with Crippen molar-refractivity contribution in [3.8, 4) is 11.5 Å². The molecule has 0 bridgehead atoms. The number of carbonyl (C=O) groups is 2. The predicted molar refractivity (Wildman–Crippen MR) is 138 cm³/mol. The van der Waals surface area contributed by atoms with Gasteiger partial charge in [0.2, 0.25) is 0 Å². The Morgan fingerprint density at radius 3 is 2.36 bits per heavy atom. The summed E-state index contributed by atoms with van der Waals surface area (Å²) in [4.78, 5) is 26.0. The molecule has 1 atom stereocenters. The van der Waals surface area contributed by atoms with Gasteiger partial charge in [0.25, 0.3) is 0 Å². The first-order valence-corrected chi connectivity index (χ1v) is 11.8. The van der Waals surface area contributed by atoms with Gasteiger partial charge in [-0.25, -0.2) is 9.59 Å². The van der Waals surface area contributed by atoms with Crippen molar-refractivity contribution in [2.45, 2.75) is 39.5 Å². The standard InChI is InChI=1S/C29H30N2O5/c1-18(2)36-28(32)25-26(21-8-6-5-7-9-21)30-29(33)31-27(25)22-14-15-23(34-4)24(16-22)35-17-20-12-10-19(3)11-13-20/h5-16,18,27H,17H2,1-4H3,(H2,30,31,33). The topological polar surface area (TPSA) is 85.9 Å². The number of methoxy groups -OCH3 is 1. The van der Waals surface area contributed by atoms with E-state index in [0.717, 1.165) is 5.56 Å². The maximum atomic E-state index is 13.3. The van der Waals surface area contributed by atoms with Gasteiger partial charge in [-0.15, -0.1) is 0 Å². The second-order valence-corrected chi connectivity index (χ2v) is 8.82. The van der Waals surface area contributed by atoms with Crippen molar-refractivity contribution in [2.75, 3.05) is 7.11 Å². The maximum absolute atomic E-state index is 13.3. The molecule has 0 aliphatic carbocycles. The maximum Gasteiger partial charge on any atom is 0.338 e. The number of hydrogen-bond acceptors (Lipinski definition) is 5. The highest BCUT2D eigenvalue weighted by Crippen LogP contribution is 2.37. The highest BCUT2D eigenvalue weighted by atomic mass is 16.5. The van der Waals surface area contributed by atoms with Crippen molar-refractivity contribution in [3.05, 3.63) is 101 Å². The van der Waals surface area contributed by atoms with Crippen LogP contribution in [0.25, 0.3) is 5.70 Å². The number of rotatable bonds is 8. The molecule has 0 saturated heterocycles. The molecule has 4 rings (SSSR count). The molecule has 1 aliphatic rings. The Morgan fingerprint density at radius 1 is 0.972 bits per heavy atom. The van der Waals surface area contributed by atoms with Crippen LogP contribution in [0.15, 0.2) is 78.4 Å². The van der Waals surface area contributed by atoms with Crippen LogP contribution < -0.4 is 20.1 Å². The van der Waals surface area contributed by atoms with Crippen molar-refractivity contribution in [1.82, 2.24) is 10.6 Å². The minimum absolute atomic E-state index is 0.309. The van der Waals surface area contributed by atoms with Crippen LogP contribution in [0.4, 0.5) is 4.79 Å². The molecule has 0 radical (unpaired) electrons. The van der Waals surface area contributed by atoms with Crippen molar-refractivity contribution in [2.24, 2.45) is 0 Å². The third-order valence-electron chi connectivity index (χ3n) is 5.73. The quantitative estimate of drug-likeness (QED) is 0.422. The van der Waals surface area contributed by atoms with E-state index in [2.05, 4.69) is 10.6 Å². The van der Waals surface area contributed by atoms with Crippen molar-refractivity contribution in [3.63, 3.8) is 0 Å². The van der Waals surface area contributed by atoms with Crippen molar-refractivity contribution in [1.29, 1.82) is 0 Å². The van der Waals surface area contributed by atoms with Gasteiger partial charge in [0, 0.05) is 0 Å². The zero-order valence-corrected chi connectivity index (χ0v) is 20.8. The fourth-order valence-corrected chi connectivity index (χ4v) is 3.98. The molecule has 36 heavy (non-hydrogen) atoms. The van der Waals surface area contributed by atoms with Gasteiger partial charge in [0.05, 0.1) is 30.5 Å². The molecule has 0 aromatic heterocycles. The molecule has 0 spiro atoms. The fourth-order valence-electron chi connectivity index (χ4n) is 3.98. The number of ether oxygens (including phenoxy) is 3. The van der Waals surface area contributed by atoms with E-state index in [4.69, 9.17) is 14.2 Å². The molecule has 0 fully saturated rings. The van der Waals surface area contributed by atoms with Gasteiger partial charge in [0.15, 0.2) is 11.5 Å². The van der Waals surface area contributed by atoms with Crippen molar-refractivity contribution >= 4 is 17.7 Å². The Morgan fingerprint density at radius 2 is 1.69 bits per heavy atom. The van der Waals surface area contributed by atoms with Gasteiger partial charge < -0.3 is 24.8 Å². The number of carbonyl (C=O) groups excluding carboxylic acids is 2. The lowest BCUT2D eigenvalue weighted by molar-refractivity contribution is -0.143. The third kappa shape index (κ3) is 5.68. The molecular weight excluding hydrogens is 456 g/mol. The smallest absolute Gasteiger partial charge is 0.338 e. The van der Waals surface area contributed by atoms with Gasteiger partial charge in [-0.1, -0.05) is 66.2 Å². The minimum Gasteiger partial charge on any atom is -0.493 e. The lowest BCUT2D eigenvalue weighted by Crippen LogP contribution is -2.45. The molecule has 2 N–H and O–H groups in total. The summed E-state index contributed by atoms with van der Waals surface area (Å²) in [5, 5.41) is 5.67. The summed E-state index contributed by atoms with van der Waals surface area (Å²) in [6.07, 6.45) is -0.329. The van der Waals surface area contributed by atoms with E-state index in [0.29, 0.717) is 40.5 Å². The first-order valence-electron chi connectivity index (χ1n) is 11.8. The average Bonchev–Trinajstić information content (AvgIpc) is 2.87. The van der Waals surface area contributed by atoms with Crippen molar-refractivity contribution < 1.29 is 23.8 Å². The minimum atomic E-state index is -0.757. The number of amides is 2. The lowest BCUT2D eigenvalue weighted by Gasteiger charge is -2.30. The Balaban J connectivity index is 1.75. The molecule has 1 unspecified atom stereocenters. The van der Waals surface area contributed by atoms with Crippen LogP contribution in [-0.2, 0) is 16.1 Å². The summed E-state index contributed by atoms with van der Waals surface area (Å²) < 4.78 is 17.2. The Kier molecular flexibility index (Phi) is 7.59. The summed E-state index contributed by atoms with van der Waals surface area (Å²) in [6.45, 7) is 5.94. The molecule has 1 aliphatic heterocycles. The summed E-state index contributed by atoms with van der Waals surface area (Å²) in [6, 6.07) is 21.5. The van der Waals surface area contributed by atoms with Gasteiger partial charge in [-0.2, -0.15) is 0 Å². The van der Waals surface area contributed by atoms with E-state index < -0.39 is 18.0 Å². The Bertz CT molecular complexity index is 1270. The SMILES string of the molecule is COc1ccc(C2NC(=O)NC(c3ccccc3)=C2C(=O)OC(C)C)cc1OCc1ccc(C)cc1. The molecule has 1 heterocycles. The molecule has 186 valence electrons. The molecule has 3 aromatic rings. The number of urea groups is 1.